The van der Waals surface area contributed by atoms with Gasteiger partial charge in [-0.3, -0.25) is 0 Å². The van der Waals surface area contributed by atoms with Crippen LogP contribution in [0.15, 0.2) is 10.5 Å². The topological polar surface area (TPSA) is 21.7 Å². The van der Waals surface area contributed by atoms with Crippen molar-refractivity contribution in [1.82, 2.24) is 0 Å². The maximum absolute atomic E-state index is 14.2. The minimum Gasteiger partial charge on any atom is -0.399 e. The quantitative estimate of drug-likeness (QED) is 0.594. The molecule has 0 amide bonds. The van der Waals surface area contributed by atoms with E-state index >= 15 is 0 Å². The summed E-state index contributed by atoms with van der Waals surface area (Å²) in [5, 5.41) is 0.250. The van der Waals surface area contributed by atoms with Crippen LogP contribution in [0.5, 0.6) is 0 Å². The van der Waals surface area contributed by atoms with Gasteiger partial charge in [-0.2, -0.15) is 0 Å². The molecule has 0 bridgehead atoms. The van der Waals surface area contributed by atoms with Crippen molar-refractivity contribution in [1.29, 1.82) is 0 Å². The molecule has 116 valence electrons. The Morgan fingerprint density at radius 2 is 1.67 bits per heavy atom. The summed E-state index contributed by atoms with van der Waals surface area (Å²) in [6.07, 6.45) is 0. The third-order valence-electron chi connectivity index (χ3n) is 4.29. The van der Waals surface area contributed by atoms with Crippen LogP contribution in [-0.4, -0.2) is 25.4 Å². The van der Waals surface area contributed by atoms with E-state index in [1.807, 2.05) is 27.7 Å². The smallest absolute Gasteiger partial charge is 0.399 e. The van der Waals surface area contributed by atoms with Gasteiger partial charge in [0.15, 0.2) is 0 Å². The maximum atomic E-state index is 14.2. The predicted octanol–water partition coefficient (Wildman–Crippen LogP) is 3.52. The van der Waals surface area contributed by atoms with Crippen LogP contribution in [0.2, 0.25) is 0 Å². The maximum Gasteiger partial charge on any atom is 0.495 e. The van der Waals surface area contributed by atoms with Crippen LogP contribution in [0.25, 0.3) is 0 Å². The molecule has 1 aromatic rings. The van der Waals surface area contributed by atoms with Crippen molar-refractivity contribution in [2.24, 2.45) is 0 Å². The number of rotatable bonds is 2. The first-order chi connectivity index (χ1) is 9.48. The molecule has 0 spiro atoms. The molecule has 1 saturated heterocycles. The van der Waals surface area contributed by atoms with Gasteiger partial charge in [0.1, 0.15) is 11.5 Å². The predicted molar refractivity (Wildman–Crippen MR) is 84.1 cm³/mol. The molecule has 0 atom stereocenters. The molecule has 1 aromatic carbocycles. The lowest BCUT2D eigenvalue weighted by Gasteiger charge is -2.32. The van der Waals surface area contributed by atoms with E-state index in [1.165, 1.54) is 6.07 Å². The Balaban J connectivity index is 2.48. The molecule has 0 aromatic heterocycles. The van der Waals surface area contributed by atoms with Gasteiger partial charge >= 0.3 is 7.12 Å². The van der Waals surface area contributed by atoms with E-state index in [4.69, 9.17) is 9.31 Å². The minimum absolute atomic E-state index is 0.132. The molecule has 3 nitrogen and oxygen atoms in total. The van der Waals surface area contributed by atoms with Crippen molar-refractivity contribution < 1.29 is 18.2 Å². The summed E-state index contributed by atoms with van der Waals surface area (Å²) in [5.74, 6) is -0.665. The van der Waals surface area contributed by atoms with Gasteiger partial charge in [-0.1, -0.05) is 0 Å². The number of hydrogen-bond donors (Lipinski definition) is 0. The zero-order valence-electron chi connectivity index (χ0n) is 13.1. The van der Waals surface area contributed by atoms with Gasteiger partial charge in [0.05, 0.1) is 11.2 Å². The van der Waals surface area contributed by atoms with Crippen molar-refractivity contribution >= 4 is 34.2 Å². The van der Waals surface area contributed by atoms with Crippen molar-refractivity contribution in [2.45, 2.75) is 45.8 Å². The van der Waals surface area contributed by atoms with Crippen molar-refractivity contribution in [3.8, 4) is 0 Å². The molecule has 1 aliphatic rings. The minimum atomic E-state index is -0.681. The van der Waals surface area contributed by atoms with Crippen LogP contribution in [0.4, 0.5) is 14.6 Å². The van der Waals surface area contributed by atoms with Crippen molar-refractivity contribution in [3.05, 3.63) is 21.9 Å². The number of hydrogen-bond acceptors (Lipinski definition) is 3. The van der Waals surface area contributed by atoms with Gasteiger partial charge in [0.25, 0.3) is 0 Å². The number of benzene rings is 1. The summed E-state index contributed by atoms with van der Waals surface area (Å²) < 4.78 is 39.8. The molecule has 21 heavy (non-hydrogen) atoms. The Bertz CT molecular complexity index is 563. The molecule has 0 unspecified atom stereocenters. The molecule has 7 heteroatoms. The zero-order valence-corrected chi connectivity index (χ0v) is 14.6. The van der Waals surface area contributed by atoms with Crippen LogP contribution < -0.4 is 10.6 Å². The number of nitrogens with zero attached hydrogens (tertiary/aromatic N) is 1. The van der Waals surface area contributed by atoms with Gasteiger partial charge in [-0.15, -0.1) is 4.48 Å². The number of anilines is 1. The monoisotopic (exact) mass is 361 g/mol. The average molecular weight is 362 g/mol. The van der Waals surface area contributed by atoms with Crippen LogP contribution >= 0.6 is 15.9 Å². The fourth-order valence-electron chi connectivity index (χ4n) is 2.22. The standard InChI is InChI=1S/C14H19BBrF2NO2/c1-8-9(7-10(17)12(11(8)16)19(6)18)15-20-13(2,3)14(4,5)21-15/h7H,1-6H3. The third kappa shape index (κ3) is 2.71. The van der Waals surface area contributed by atoms with Gasteiger partial charge in [-0.05, 0) is 67.6 Å². The molecule has 1 aliphatic heterocycles. The van der Waals surface area contributed by atoms with Crippen molar-refractivity contribution in [2.75, 3.05) is 12.2 Å². The Labute approximate surface area is 132 Å². The molecule has 0 radical (unpaired) electrons. The van der Waals surface area contributed by atoms with Gasteiger partial charge in [0, 0.05) is 11.5 Å². The summed E-state index contributed by atoms with van der Waals surface area (Å²) >= 11 is 3.25. The lowest BCUT2D eigenvalue weighted by atomic mass is 9.76. The molecule has 0 aliphatic carbocycles. The molecular formula is C14H19BBrF2NO2. The number of halogens is 3. The van der Waals surface area contributed by atoms with Crippen LogP contribution in [0, 0.1) is 12.7 Å². The van der Waals surface area contributed by atoms with Gasteiger partial charge in [0.2, 0.25) is 0 Å². The summed E-state index contributed by atoms with van der Waals surface area (Å²) in [6.45, 7) is 9.49. The van der Waals surface area contributed by atoms with Crippen molar-refractivity contribution in [3.63, 3.8) is 0 Å². The highest BCUT2D eigenvalue weighted by Gasteiger charge is 2.52. The van der Waals surface area contributed by atoms with E-state index < -0.39 is 24.1 Å². The fraction of sp³-hybridized carbons (Fsp3) is 0.571. The highest BCUT2D eigenvalue weighted by Crippen LogP contribution is 2.38. The fourth-order valence-corrected chi connectivity index (χ4v) is 2.88. The first-order valence-corrected chi connectivity index (χ1v) is 7.51. The normalized spacial score (nSPS) is 20.0. The van der Waals surface area contributed by atoms with E-state index in [1.54, 1.807) is 6.92 Å². The summed E-state index contributed by atoms with van der Waals surface area (Å²) in [7, 11) is 0.469. The lowest BCUT2D eigenvalue weighted by Crippen LogP contribution is -2.41. The first-order valence-electron chi connectivity index (χ1n) is 6.71. The molecule has 2 rings (SSSR count). The highest BCUT2D eigenvalue weighted by molar-refractivity contribution is 9.10. The lowest BCUT2D eigenvalue weighted by molar-refractivity contribution is 0.00578. The molecular weight excluding hydrogens is 343 g/mol. The Kier molecular flexibility index (Phi) is 4.15. The van der Waals surface area contributed by atoms with E-state index in [-0.39, 0.29) is 10.8 Å². The summed E-state index contributed by atoms with van der Waals surface area (Å²) in [5.41, 5.74) is 0.0939. The van der Waals surface area contributed by atoms with E-state index in [2.05, 4.69) is 15.9 Å². The second-order valence-electron chi connectivity index (χ2n) is 6.30. The summed E-state index contributed by atoms with van der Waals surface area (Å²) in [6, 6.07) is 1.27. The Morgan fingerprint density at radius 1 is 1.19 bits per heavy atom. The molecule has 0 N–H and O–H groups in total. The second kappa shape index (κ2) is 5.21. The first kappa shape index (κ1) is 16.7. The van der Waals surface area contributed by atoms with E-state index in [0.29, 0.717) is 15.5 Å². The van der Waals surface area contributed by atoms with Gasteiger partial charge in [-0.25, -0.2) is 9.51 Å². The summed E-state index contributed by atoms with van der Waals surface area (Å²) in [4.78, 5) is 0. The second-order valence-corrected chi connectivity index (χ2v) is 7.09. The highest BCUT2D eigenvalue weighted by atomic mass is 79.9. The van der Waals surface area contributed by atoms with Crippen LogP contribution in [0.1, 0.15) is 33.3 Å². The molecule has 0 saturated carbocycles. The molecule has 1 heterocycles. The Hall–Kier alpha value is -0.655. The van der Waals surface area contributed by atoms with Crippen LogP contribution in [0.3, 0.4) is 0 Å². The van der Waals surface area contributed by atoms with E-state index in [9.17, 15) is 8.87 Å². The zero-order chi connectivity index (χ0) is 16.2. The van der Waals surface area contributed by atoms with E-state index in [0.717, 1.165) is 7.05 Å². The Morgan fingerprint density at radius 3 is 2.10 bits per heavy atom. The van der Waals surface area contributed by atoms with Gasteiger partial charge < -0.3 is 9.31 Å². The molecule has 1 fully saturated rings. The average Bonchev–Trinajstić information content (AvgIpc) is 2.52. The van der Waals surface area contributed by atoms with Crippen LogP contribution in [-0.2, 0) is 9.31 Å². The SMILES string of the molecule is Cc1c(B2OC(C)(C)C(C)(C)O2)cc(F)c(N(C)F)c1Br. The largest absolute Gasteiger partial charge is 0.495 e. The third-order valence-corrected chi connectivity index (χ3v) is 5.26.